The highest BCUT2D eigenvalue weighted by atomic mass is 35.5. The highest BCUT2D eigenvalue weighted by molar-refractivity contribution is 6.42. The Morgan fingerprint density at radius 1 is 0.857 bits per heavy atom. The Morgan fingerprint density at radius 2 is 1.71 bits per heavy atom. The van der Waals surface area contributed by atoms with Crippen LogP contribution in [-0.4, -0.2) is 4.98 Å². The first-order valence-electron chi connectivity index (χ1n) is 6.46. The zero-order valence-corrected chi connectivity index (χ0v) is 12.3. The summed E-state index contributed by atoms with van der Waals surface area (Å²) in [4.78, 5) is 4.61. The second-order valence-electron chi connectivity index (χ2n) is 4.78. The van der Waals surface area contributed by atoms with Gasteiger partial charge in [-0.2, -0.15) is 0 Å². The van der Waals surface area contributed by atoms with Crippen molar-refractivity contribution < 1.29 is 4.42 Å². The van der Waals surface area contributed by atoms with Gasteiger partial charge in [0.05, 0.1) is 10.0 Å². The lowest BCUT2D eigenvalue weighted by molar-refractivity contribution is 0.620. The fraction of sp³-hybridized carbons (Fsp3) is 0. The molecule has 0 saturated carbocycles. The third kappa shape index (κ3) is 2.08. The molecule has 0 radical (unpaired) electrons. The molecule has 102 valence electrons. The molecule has 0 fully saturated rings. The molecule has 0 saturated heterocycles. The Bertz CT molecular complexity index is 975. The van der Waals surface area contributed by atoms with E-state index in [0.29, 0.717) is 15.9 Å². The van der Waals surface area contributed by atoms with Gasteiger partial charge in [-0.15, -0.1) is 0 Å². The topological polar surface area (TPSA) is 26.0 Å². The molecule has 0 N–H and O–H groups in total. The van der Waals surface area contributed by atoms with Crippen molar-refractivity contribution in [1.29, 1.82) is 0 Å². The number of hydrogen-bond acceptors (Lipinski definition) is 2. The van der Waals surface area contributed by atoms with Gasteiger partial charge in [0.15, 0.2) is 5.58 Å². The highest BCUT2D eigenvalue weighted by Crippen LogP contribution is 2.32. The lowest BCUT2D eigenvalue weighted by Gasteiger charge is -1.97. The Kier molecular flexibility index (Phi) is 2.88. The summed E-state index contributed by atoms with van der Waals surface area (Å²) in [6.45, 7) is 0. The summed E-state index contributed by atoms with van der Waals surface area (Å²) in [6, 6.07) is 17.4. The molecule has 3 aromatic carbocycles. The van der Waals surface area contributed by atoms with Crippen LogP contribution in [0.2, 0.25) is 10.0 Å². The Labute approximate surface area is 130 Å². The highest BCUT2D eigenvalue weighted by Gasteiger charge is 2.11. The Morgan fingerprint density at radius 3 is 2.57 bits per heavy atom. The molecule has 0 aliphatic rings. The van der Waals surface area contributed by atoms with Crippen LogP contribution in [0.1, 0.15) is 0 Å². The monoisotopic (exact) mass is 313 g/mol. The third-order valence-electron chi connectivity index (χ3n) is 3.45. The molecule has 4 heteroatoms. The van der Waals surface area contributed by atoms with Crippen molar-refractivity contribution in [3.05, 3.63) is 64.6 Å². The Hall–Kier alpha value is -2.03. The van der Waals surface area contributed by atoms with E-state index in [0.717, 1.165) is 27.4 Å². The zero-order valence-electron chi connectivity index (χ0n) is 10.8. The van der Waals surface area contributed by atoms with E-state index in [-0.39, 0.29) is 0 Å². The normalized spacial score (nSPS) is 11.3. The summed E-state index contributed by atoms with van der Waals surface area (Å²) in [7, 11) is 0. The van der Waals surface area contributed by atoms with Gasteiger partial charge in [0.2, 0.25) is 5.89 Å². The van der Waals surface area contributed by atoms with E-state index < -0.39 is 0 Å². The van der Waals surface area contributed by atoms with Crippen LogP contribution in [0.3, 0.4) is 0 Å². The van der Waals surface area contributed by atoms with Gasteiger partial charge in [-0.3, -0.25) is 0 Å². The van der Waals surface area contributed by atoms with Gasteiger partial charge in [-0.1, -0.05) is 53.5 Å². The second kappa shape index (κ2) is 4.76. The summed E-state index contributed by atoms with van der Waals surface area (Å²) in [5.74, 6) is 0.542. The standard InChI is InChI=1S/C17H9Cl2NO/c18-13-7-5-11(9-14(13)19)17-20-16-12-4-2-1-3-10(12)6-8-15(16)21-17/h1-9H. The van der Waals surface area contributed by atoms with Crippen LogP contribution in [-0.2, 0) is 0 Å². The fourth-order valence-electron chi connectivity index (χ4n) is 2.41. The molecule has 2 nitrogen and oxygen atoms in total. The SMILES string of the molecule is Clc1ccc(-c2nc3c(ccc4ccccc43)o2)cc1Cl. The van der Waals surface area contributed by atoms with Crippen molar-refractivity contribution >= 4 is 45.1 Å². The van der Waals surface area contributed by atoms with E-state index in [1.165, 1.54) is 0 Å². The van der Waals surface area contributed by atoms with Gasteiger partial charge in [0.1, 0.15) is 5.52 Å². The van der Waals surface area contributed by atoms with E-state index in [4.69, 9.17) is 27.6 Å². The quantitative estimate of drug-likeness (QED) is 0.433. The molecule has 0 amide bonds. The maximum absolute atomic E-state index is 6.06. The van der Waals surface area contributed by atoms with Gasteiger partial charge in [-0.05, 0) is 29.7 Å². The first-order valence-corrected chi connectivity index (χ1v) is 7.22. The number of aromatic nitrogens is 1. The first-order chi connectivity index (χ1) is 10.2. The molecule has 4 rings (SSSR count). The lowest BCUT2D eigenvalue weighted by Crippen LogP contribution is -1.78. The minimum Gasteiger partial charge on any atom is -0.436 e. The molecule has 0 aliphatic heterocycles. The number of benzene rings is 3. The average Bonchev–Trinajstić information content (AvgIpc) is 2.94. The van der Waals surface area contributed by atoms with Gasteiger partial charge >= 0.3 is 0 Å². The lowest BCUT2D eigenvalue weighted by atomic mass is 10.1. The van der Waals surface area contributed by atoms with Crippen LogP contribution in [0.25, 0.3) is 33.3 Å². The van der Waals surface area contributed by atoms with Crippen LogP contribution >= 0.6 is 23.2 Å². The summed E-state index contributed by atoms with van der Waals surface area (Å²) in [5.41, 5.74) is 2.42. The van der Waals surface area contributed by atoms with E-state index >= 15 is 0 Å². The minimum atomic E-state index is 0.487. The average molecular weight is 314 g/mol. The molecule has 0 unspecified atom stereocenters. The van der Waals surface area contributed by atoms with Gasteiger partial charge in [-0.25, -0.2) is 4.98 Å². The van der Waals surface area contributed by atoms with Crippen LogP contribution in [0, 0.1) is 0 Å². The van der Waals surface area contributed by atoms with Crippen LogP contribution < -0.4 is 0 Å². The van der Waals surface area contributed by atoms with E-state index in [1.54, 1.807) is 12.1 Å². The first kappa shape index (κ1) is 12.7. The van der Waals surface area contributed by atoms with E-state index in [1.807, 2.05) is 36.4 Å². The molecular weight excluding hydrogens is 305 g/mol. The van der Waals surface area contributed by atoms with Gasteiger partial charge < -0.3 is 4.42 Å². The number of fused-ring (bicyclic) bond motifs is 3. The second-order valence-corrected chi connectivity index (χ2v) is 5.60. The predicted molar refractivity (Wildman–Crippen MR) is 87.0 cm³/mol. The molecule has 1 aromatic heterocycles. The van der Waals surface area contributed by atoms with E-state index in [2.05, 4.69) is 11.1 Å². The molecule has 0 atom stereocenters. The van der Waals surface area contributed by atoms with Crippen molar-refractivity contribution in [1.82, 2.24) is 4.98 Å². The van der Waals surface area contributed by atoms with Crippen molar-refractivity contribution in [2.75, 3.05) is 0 Å². The van der Waals surface area contributed by atoms with Crippen molar-refractivity contribution in [3.8, 4) is 11.5 Å². The van der Waals surface area contributed by atoms with E-state index in [9.17, 15) is 0 Å². The molecule has 0 aliphatic carbocycles. The number of rotatable bonds is 1. The molecule has 0 bridgehead atoms. The minimum absolute atomic E-state index is 0.487. The fourth-order valence-corrected chi connectivity index (χ4v) is 2.71. The zero-order chi connectivity index (χ0) is 14.4. The number of oxazole rings is 1. The maximum atomic E-state index is 6.06. The number of hydrogen-bond donors (Lipinski definition) is 0. The van der Waals surface area contributed by atoms with Crippen molar-refractivity contribution in [3.63, 3.8) is 0 Å². The van der Waals surface area contributed by atoms with Crippen molar-refractivity contribution in [2.45, 2.75) is 0 Å². The molecular formula is C17H9Cl2NO. The summed E-state index contributed by atoms with van der Waals surface area (Å²) in [5, 5.41) is 3.22. The number of halogens is 2. The van der Waals surface area contributed by atoms with Crippen LogP contribution in [0.5, 0.6) is 0 Å². The maximum Gasteiger partial charge on any atom is 0.227 e. The Balaban J connectivity index is 1.98. The van der Waals surface area contributed by atoms with Crippen molar-refractivity contribution in [2.24, 2.45) is 0 Å². The molecule has 4 aromatic rings. The third-order valence-corrected chi connectivity index (χ3v) is 4.19. The number of nitrogens with zero attached hydrogens (tertiary/aromatic N) is 1. The molecule has 1 heterocycles. The van der Waals surface area contributed by atoms with Crippen LogP contribution in [0.15, 0.2) is 59.0 Å². The molecule has 21 heavy (non-hydrogen) atoms. The largest absolute Gasteiger partial charge is 0.436 e. The van der Waals surface area contributed by atoms with Gasteiger partial charge in [0.25, 0.3) is 0 Å². The summed E-state index contributed by atoms with van der Waals surface area (Å²) >= 11 is 12.0. The van der Waals surface area contributed by atoms with Gasteiger partial charge in [0, 0.05) is 10.9 Å². The predicted octanol–water partition coefficient (Wildman–Crippen LogP) is 5.95. The summed E-state index contributed by atoms with van der Waals surface area (Å²) < 4.78 is 5.84. The summed E-state index contributed by atoms with van der Waals surface area (Å²) in [6.07, 6.45) is 0. The molecule has 0 spiro atoms. The van der Waals surface area contributed by atoms with Crippen LogP contribution in [0.4, 0.5) is 0 Å². The smallest absolute Gasteiger partial charge is 0.227 e.